The summed E-state index contributed by atoms with van der Waals surface area (Å²) in [6.45, 7) is 0.903. The monoisotopic (exact) mass is 273 g/mol. The third kappa shape index (κ3) is 4.95. The third-order valence-corrected chi connectivity index (χ3v) is 1.86. The molecular formula is C11H16BrNO2. The molecule has 0 unspecified atom stereocenters. The van der Waals surface area contributed by atoms with Gasteiger partial charge in [0, 0.05) is 5.56 Å². The zero-order valence-corrected chi connectivity index (χ0v) is 10.8. The second kappa shape index (κ2) is 5.28. The van der Waals surface area contributed by atoms with Gasteiger partial charge in [-0.2, -0.15) is 0 Å². The third-order valence-electron chi connectivity index (χ3n) is 1.86. The van der Waals surface area contributed by atoms with Gasteiger partial charge < -0.3 is 26.6 Å². The topological polar surface area (TPSA) is 37.3 Å². The molecule has 1 N–H and O–H groups in total. The molecule has 3 nitrogen and oxygen atoms in total. The number of nitrogens with zero attached hydrogens (tertiary/aromatic N) is 1. The van der Waals surface area contributed by atoms with E-state index < -0.39 is 5.97 Å². The van der Waals surface area contributed by atoms with Crippen molar-refractivity contribution in [3.63, 3.8) is 0 Å². The molecule has 4 heteroatoms. The Hall–Kier alpha value is -0.870. The van der Waals surface area contributed by atoms with Crippen molar-refractivity contribution in [3.8, 4) is 0 Å². The molecule has 15 heavy (non-hydrogen) atoms. The van der Waals surface area contributed by atoms with Crippen LogP contribution in [0.25, 0.3) is 0 Å². The Morgan fingerprint density at radius 2 is 1.67 bits per heavy atom. The molecular weight excluding hydrogens is 258 g/mol. The van der Waals surface area contributed by atoms with Gasteiger partial charge in [-0.15, -0.1) is 0 Å². The lowest BCUT2D eigenvalue weighted by Gasteiger charge is -2.23. The Labute approximate surface area is 101 Å². The average molecular weight is 274 g/mol. The Balaban J connectivity index is 0.00000196. The number of halogens is 1. The normalized spacial score (nSPS) is 10.6. The van der Waals surface area contributed by atoms with E-state index in [2.05, 4.69) is 21.1 Å². The lowest BCUT2D eigenvalue weighted by Crippen LogP contribution is -3.00. The number of benzene rings is 1. The van der Waals surface area contributed by atoms with E-state index in [-0.39, 0.29) is 17.0 Å². The standard InChI is InChI=1S/C11H15NO2.BrH/c1-12(2,3)8-9-4-6-10(7-5-9)11(13)14;/h4-7H,8H2,1-3H3;1H. The van der Waals surface area contributed by atoms with Crippen LogP contribution in [0.1, 0.15) is 15.9 Å². The molecule has 0 spiro atoms. The predicted molar refractivity (Wildman–Crippen MR) is 55.1 cm³/mol. The van der Waals surface area contributed by atoms with Crippen LogP contribution in [0, 0.1) is 0 Å². The molecule has 0 heterocycles. The maximum Gasteiger partial charge on any atom is 0.335 e. The number of quaternary nitrogens is 1. The van der Waals surface area contributed by atoms with E-state index in [1.54, 1.807) is 12.1 Å². The number of carboxylic acids is 1. The van der Waals surface area contributed by atoms with Crippen molar-refractivity contribution in [2.24, 2.45) is 0 Å². The van der Waals surface area contributed by atoms with E-state index in [9.17, 15) is 4.79 Å². The van der Waals surface area contributed by atoms with Crippen LogP contribution in [0.3, 0.4) is 0 Å². The van der Waals surface area contributed by atoms with E-state index in [0.717, 1.165) is 16.6 Å². The van der Waals surface area contributed by atoms with Gasteiger partial charge in [-0.1, -0.05) is 12.1 Å². The quantitative estimate of drug-likeness (QED) is 0.688. The van der Waals surface area contributed by atoms with Crippen LogP contribution in [-0.2, 0) is 6.54 Å². The molecule has 0 bridgehead atoms. The number of carbonyl (C=O) groups is 1. The van der Waals surface area contributed by atoms with Crippen LogP contribution in [-0.4, -0.2) is 36.7 Å². The molecule has 0 saturated carbocycles. The minimum atomic E-state index is -0.873. The summed E-state index contributed by atoms with van der Waals surface area (Å²) in [5.74, 6) is -0.873. The zero-order valence-electron chi connectivity index (χ0n) is 9.20. The molecule has 0 aliphatic heterocycles. The molecule has 1 rings (SSSR count). The highest BCUT2D eigenvalue weighted by atomic mass is 79.9. The fourth-order valence-electron chi connectivity index (χ4n) is 1.30. The van der Waals surface area contributed by atoms with E-state index in [4.69, 9.17) is 5.11 Å². The summed E-state index contributed by atoms with van der Waals surface area (Å²) in [5.41, 5.74) is 1.50. The second-order valence-electron chi connectivity index (χ2n) is 4.45. The van der Waals surface area contributed by atoms with Gasteiger partial charge in [0.2, 0.25) is 0 Å². The first kappa shape index (κ1) is 14.1. The first-order chi connectivity index (χ1) is 6.38. The predicted octanol–water partition coefficient (Wildman–Crippen LogP) is -1.40. The van der Waals surface area contributed by atoms with Crippen LogP contribution >= 0.6 is 0 Å². The van der Waals surface area contributed by atoms with Crippen LogP contribution in [0.4, 0.5) is 0 Å². The first-order valence-corrected chi connectivity index (χ1v) is 4.51. The Morgan fingerprint density at radius 3 is 2.00 bits per heavy atom. The smallest absolute Gasteiger partial charge is 0.335 e. The highest BCUT2D eigenvalue weighted by Crippen LogP contribution is 2.08. The second-order valence-corrected chi connectivity index (χ2v) is 4.45. The lowest BCUT2D eigenvalue weighted by atomic mass is 10.1. The molecule has 84 valence electrons. The van der Waals surface area contributed by atoms with Crippen molar-refractivity contribution in [2.45, 2.75) is 6.54 Å². The molecule has 0 atom stereocenters. The van der Waals surface area contributed by atoms with Gasteiger partial charge >= 0.3 is 5.97 Å². The summed E-state index contributed by atoms with van der Waals surface area (Å²) in [6, 6.07) is 7.03. The van der Waals surface area contributed by atoms with Crippen molar-refractivity contribution < 1.29 is 31.4 Å². The number of carboxylic acid groups (broad SMARTS) is 1. The summed E-state index contributed by atoms with van der Waals surface area (Å²) in [7, 11) is 6.31. The fourth-order valence-corrected chi connectivity index (χ4v) is 1.30. The Morgan fingerprint density at radius 1 is 1.20 bits per heavy atom. The SMILES string of the molecule is C[N+](C)(C)Cc1ccc(C(=O)O)cc1.[Br-]. The Kier molecular flexibility index (Phi) is 4.97. The highest BCUT2D eigenvalue weighted by Gasteiger charge is 2.09. The van der Waals surface area contributed by atoms with E-state index in [0.29, 0.717) is 5.56 Å². The summed E-state index contributed by atoms with van der Waals surface area (Å²) in [4.78, 5) is 10.6. The van der Waals surface area contributed by atoms with Gasteiger partial charge in [-0.05, 0) is 12.1 Å². The number of rotatable bonds is 3. The van der Waals surface area contributed by atoms with Crippen LogP contribution in [0.15, 0.2) is 24.3 Å². The molecule has 0 amide bonds. The molecule has 1 aromatic carbocycles. The van der Waals surface area contributed by atoms with Crippen molar-refractivity contribution in [2.75, 3.05) is 21.1 Å². The first-order valence-electron chi connectivity index (χ1n) is 4.51. The van der Waals surface area contributed by atoms with Crippen molar-refractivity contribution in [1.82, 2.24) is 0 Å². The minimum Gasteiger partial charge on any atom is -1.00 e. The molecule has 0 aliphatic carbocycles. The molecule has 0 saturated heterocycles. The van der Waals surface area contributed by atoms with Crippen LogP contribution < -0.4 is 17.0 Å². The van der Waals surface area contributed by atoms with Crippen LogP contribution in [0.2, 0.25) is 0 Å². The minimum absolute atomic E-state index is 0. The number of hydrogen-bond donors (Lipinski definition) is 1. The molecule has 0 radical (unpaired) electrons. The lowest BCUT2D eigenvalue weighted by molar-refractivity contribution is -0.884. The number of hydrogen-bond acceptors (Lipinski definition) is 1. The van der Waals surface area contributed by atoms with Crippen molar-refractivity contribution in [3.05, 3.63) is 35.4 Å². The fraction of sp³-hybridized carbons (Fsp3) is 0.364. The van der Waals surface area contributed by atoms with Crippen molar-refractivity contribution in [1.29, 1.82) is 0 Å². The van der Waals surface area contributed by atoms with E-state index in [1.807, 2.05) is 12.1 Å². The highest BCUT2D eigenvalue weighted by molar-refractivity contribution is 5.87. The zero-order chi connectivity index (χ0) is 10.8. The summed E-state index contributed by atoms with van der Waals surface area (Å²) >= 11 is 0. The summed E-state index contributed by atoms with van der Waals surface area (Å²) in [6.07, 6.45) is 0. The van der Waals surface area contributed by atoms with Gasteiger partial charge in [-0.3, -0.25) is 0 Å². The molecule has 0 aliphatic rings. The van der Waals surface area contributed by atoms with E-state index >= 15 is 0 Å². The molecule has 1 aromatic rings. The molecule has 0 fully saturated rings. The van der Waals surface area contributed by atoms with Gasteiger partial charge in [0.25, 0.3) is 0 Å². The maximum atomic E-state index is 10.6. The maximum absolute atomic E-state index is 10.6. The van der Waals surface area contributed by atoms with Gasteiger partial charge in [-0.25, -0.2) is 4.79 Å². The summed E-state index contributed by atoms with van der Waals surface area (Å²) in [5, 5.41) is 8.70. The van der Waals surface area contributed by atoms with Crippen molar-refractivity contribution >= 4 is 5.97 Å². The Bertz CT molecular complexity index is 327. The van der Waals surface area contributed by atoms with E-state index in [1.165, 1.54) is 0 Å². The summed E-state index contributed by atoms with van der Waals surface area (Å²) < 4.78 is 0.840. The number of aromatic carboxylic acids is 1. The van der Waals surface area contributed by atoms with Gasteiger partial charge in [0.05, 0.1) is 26.7 Å². The largest absolute Gasteiger partial charge is 1.00 e. The van der Waals surface area contributed by atoms with Gasteiger partial charge in [0.15, 0.2) is 0 Å². The van der Waals surface area contributed by atoms with Gasteiger partial charge in [0.1, 0.15) is 6.54 Å². The average Bonchev–Trinajstić information content (AvgIpc) is 2.02. The van der Waals surface area contributed by atoms with Crippen LogP contribution in [0.5, 0.6) is 0 Å². The molecule has 0 aromatic heterocycles.